The van der Waals surface area contributed by atoms with Crippen LogP contribution in [0, 0.1) is 5.92 Å². The molecule has 0 aliphatic carbocycles. The number of benzene rings is 1. The van der Waals surface area contributed by atoms with Crippen molar-refractivity contribution < 1.29 is 4.74 Å². The van der Waals surface area contributed by atoms with Crippen LogP contribution >= 0.6 is 0 Å². The summed E-state index contributed by atoms with van der Waals surface area (Å²) < 4.78 is 5.96. The molecule has 4 rings (SSSR count). The van der Waals surface area contributed by atoms with Crippen molar-refractivity contribution in [1.82, 2.24) is 14.9 Å². The molecular formula is C19H24N4O. The molecule has 0 radical (unpaired) electrons. The summed E-state index contributed by atoms with van der Waals surface area (Å²) in [6.45, 7) is 5.09. The Bertz CT molecular complexity index is 636. The molecule has 1 aromatic carbocycles. The lowest BCUT2D eigenvalue weighted by Crippen LogP contribution is -2.57. The zero-order valence-electron chi connectivity index (χ0n) is 13.9. The van der Waals surface area contributed by atoms with Gasteiger partial charge >= 0.3 is 0 Å². The first-order valence-electron chi connectivity index (χ1n) is 8.82. The second-order valence-electron chi connectivity index (χ2n) is 6.71. The van der Waals surface area contributed by atoms with Crippen LogP contribution in [-0.2, 0) is 0 Å². The maximum Gasteiger partial charge on any atom is 0.225 e. The van der Waals surface area contributed by atoms with Crippen molar-refractivity contribution in [2.45, 2.75) is 18.9 Å². The fraction of sp³-hybridized carbons (Fsp3) is 0.474. The van der Waals surface area contributed by atoms with E-state index < -0.39 is 0 Å². The Hall–Kier alpha value is -2.14. The quantitative estimate of drug-likeness (QED) is 0.864. The van der Waals surface area contributed by atoms with Crippen LogP contribution in [0.25, 0.3) is 0 Å². The lowest BCUT2D eigenvalue weighted by Gasteiger charge is -2.46. The van der Waals surface area contributed by atoms with Gasteiger partial charge in [-0.3, -0.25) is 4.90 Å². The van der Waals surface area contributed by atoms with Gasteiger partial charge in [-0.1, -0.05) is 18.2 Å². The lowest BCUT2D eigenvalue weighted by molar-refractivity contribution is 0.0725. The van der Waals surface area contributed by atoms with Crippen molar-refractivity contribution in [3.8, 4) is 5.75 Å². The molecule has 1 aromatic heterocycles. The van der Waals surface area contributed by atoms with Gasteiger partial charge in [-0.25, -0.2) is 9.97 Å². The predicted molar refractivity (Wildman–Crippen MR) is 94.3 cm³/mol. The Morgan fingerprint density at radius 1 is 0.958 bits per heavy atom. The second kappa shape index (κ2) is 7.18. The van der Waals surface area contributed by atoms with Crippen LogP contribution in [0.2, 0.25) is 0 Å². The van der Waals surface area contributed by atoms with E-state index in [2.05, 4.69) is 19.8 Å². The highest BCUT2D eigenvalue weighted by molar-refractivity contribution is 5.30. The molecule has 2 aliphatic heterocycles. The van der Waals surface area contributed by atoms with Crippen LogP contribution in [0.15, 0.2) is 48.8 Å². The summed E-state index contributed by atoms with van der Waals surface area (Å²) in [6, 6.07) is 12.6. The highest BCUT2D eigenvalue weighted by Gasteiger charge is 2.33. The minimum Gasteiger partial charge on any atom is -0.493 e. The first-order valence-corrected chi connectivity index (χ1v) is 8.82. The van der Waals surface area contributed by atoms with E-state index in [1.807, 2.05) is 48.8 Å². The Balaban J connectivity index is 1.30. The monoisotopic (exact) mass is 324 g/mol. The molecule has 2 fully saturated rings. The summed E-state index contributed by atoms with van der Waals surface area (Å²) in [7, 11) is 0. The number of nitrogens with zero attached hydrogens (tertiary/aromatic N) is 4. The van der Waals surface area contributed by atoms with Gasteiger partial charge in [-0.05, 0) is 31.0 Å². The number of ether oxygens (including phenoxy) is 1. The number of anilines is 1. The molecule has 2 saturated heterocycles. The van der Waals surface area contributed by atoms with Crippen molar-refractivity contribution in [1.29, 1.82) is 0 Å². The van der Waals surface area contributed by atoms with Crippen LogP contribution < -0.4 is 9.64 Å². The van der Waals surface area contributed by atoms with Crippen molar-refractivity contribution in [2.75, 3.05) is 37.7 Å². The lowest BCUT2D eigenvalue weighted by atomic mass is 9.91. The molecule has 2 aliphatic rings. The van der Waals surface area contributed by atoms with Gasteiger partial charge in [0, 0.05) is 50.5 Å². The SMILES string of the molecule is c1ccc(OC[C@H]2CCC3CN(c4ncccn4)CCN3C2)cc1. The van der Waals surface area contributed by atoms with Gasteiger partial charge in [0.05, 0.1) is 6.61 Å². The average molecular weight is 324 g/mol. The number of para-hydroxylation sites is 1. The van der Waals surface area contributed by atoms with Crippen molar-refractivity contribution in [3.63, 3.8) is 0 Å². The molecule has 0 N–H and O–H groups in total. The fourth-order valence-electron chi connectivity index (χ4n) is 3.76. The summed E-state index contributed by atoms with van der Waals surface area (Å²) in [6.07, 6.45) is 6.11. The summed E-state index contributed by atoms with van der Waals surface area (Å²) in [5.74, 6) is 2.47. The number of aromatic nitrogens is 2. The normalized spacial score (nSPS) is 24.4. The van der Waals surface area contributed by atoms with Gasteiger partial charge in [0.1, 0.15) is 5.75 Å². The molecule has 1 unspecified atom stereocenters. The standard InChI is InChI=1S/C19H24N4O/c1-2-5-18(6-3-1)24-15-16-7-8-17-14-23(12-11-22(17)13-16)19-20-9-4-10-21-19/h1-6,9-10,16-17H,7-8,11-15H2/t16-,17?/m0/s1. The average Bonchev–Trinajstić information content (AvgIpc) is 2.67. The van der Waals surface area contributed by atoms with Gasteiger partial charge in [0.25, 0.3) is 0 Å². The molecule has 0 spiro atoms. The molecule has 5 heteroatoms. The molecular weight excluding hydrogens is 300 g/mol. The summed E-state index contributed by atoms with van der Waals surface area (Å²) in [4.78, 5) is 13.7. The first kappa shape index (κ1) is 15.4. The molecule has 0 saturated carbocycles. The molecule has 0 amide bonds. The van der Waals surface area contributed by atoms with Gasteiger partial charge in [-0.2, -0.15) is 0 Å². The summed E-state index contributed by atoms with van der Waals surface area (Å²) >= 11 is 0. The molecule has 2 aromatic rings. The zero-order valence-corrected chi connectivity index (χ0v) is 13.9. The number of hydrogen-bond donors (Lipinski definition) is 0. The number of rotatable bonds is 4. The van der Waals surface area contributed by atoms with Crippen molar-refractivity contribution in [3.05, 3.63) is 48.8 Å². The Morgan fingerprint density at radius 2 is 1.79 bits per heavy atom. The largest absolute Gasteiger partial charge is 0.493 e. The van der Waals surface area contributed by atoms with E-state index in [0.29, 0.717) is 12.0 Å². The molecule has 24 heavy (non-hydrogen) atoms. The van der Waals surface area contributed by atoms with E-state index in [-0.39, 0.29) is 0 Å². The first-order chi connectivity index (χ1) is 11.9. The molecule has 3 heterocycles. The molecule has 5 nitrogen and oxygen atoms in total. The van der Waals surface area contributed by atoms with Gasteiger partial charge in [0.2, 0.25) is 5.95 Å². The molecule has 0 bridgehead atoms. The highest BCUT2D eigenvalue weighted by Crippen LogP contribution is 2.27. The highest BCUT2D eigenvalue weighted by atomic mass is 16.5. The van der Waals surface area contributed by atoms with Crippen LogP contribution in [0.3, 0.4) is 0 Å². The number of hydrogen-bond acceptors (Lipinski definition) is 5. The van der Waals surface area contributed by atoms with E-state index >= 15 is 0 Å². The third kappa shape index (κ3) is 3.51. The maximum atomic E-state index is 5.96. The number of piperazine rings is 1. The second-order valence-corrected chi connectivity index (χ2v) is 6.71. The third-order valence-corrected chi connectivity index (χ3v) is 5.07. The van der Waals surface area contributed by atoms with Gasteiger partial charge < -0.3 is 9.64 Å². The maximum absolute atomic E-state index is 5.96. The zero-order chi connectivity index (χ0) is 16.2. The van der Waals surface area contributed by atoms with Crippen molar-refractivity contribution in [2.24, 2.45) is 5.92 Å². The van der Waals surface area contributed by atoms with E-state index in [9.17, 15) is 0 Å². The third-order valence-electron chi connectivity index (χ3n) is 5.07. The Labute approximate surface area is 143 Å². The number of fused-ring (bicyclic) bond motifs is 1. The van der Waals surface area contributed by atoms with Crippen molar-refractivity contribution >= 4 is 5.95 Å². The Morgan fingerprint density at radius 3 is 2.62 bits per heavy atom. The van der Waals surface area contributed by atoms with Gasteiger partial charge in [-0.15, -0.1) is 0 Å². The molecule has 2 atom stereocenters. The van der Waals surface area contributed by atoms with E-state index in [4.69, 9.17) is 4.74 Å². The Kier molecular flexibility index (Phi) is 4.60. The molecule has 126 valence electrons. The van der Waals surface area contributed by atoms with E-state index in [1.165, 1.54) is 12.8 Å². The number of piperidine rings is 1. The minimum atomic E-state index is 0.621. The van der Waals surface area contributed by atoms with Crippen LogP contribution in [0.1, 0.15) is 12.8 Å². The minimum absolute atomic E-state index is 0.621. The summed E-state index contributed by atoms with van der Waals surface area (Å²) in [5.41, 5.74) is 0. The van der Waals surface area contributed by atoms with Crippen LogP contribution in [0.4, 0.5) is 5.95 Å². The van der Waals surface area contributed by atoms with Gasteiger partial charge in [0.15, 0.2) is 0 Å². The topological polar surface area (TPSA) is 41.5 Å². The smallest absolute Gasteiger partial charge is 0.225 e. The van der Waals surface area contributed by atoms with E-state index in [1.54, 1.807) is 0 Å². The van der Waals surface area contributed by atoms with Crippen LogP contribution in [0.5, 0.6) is 5.75 Å². The van der Waals surface area contributed by atoms with E-state index in [0.717, 1.165) is 44.5 Å². The fourth-order valence-corrected chi connectivity index (χ4v) is 3.76. The summed E-state index contributed by atoms with van der Waals surface area (Å²) in [5, 5.41) is 0. The predicted octanol–water partition coefficient (Wildman–Crippen LogP) is 2.46. The van der Waals surface area contributed by atoms with Crippen LogP contribution in [-0.4, -0.2) is 53.7 Å².